The summed E-state index contributed by atoms with van der Waals surface area (Å²) in [4.78, 5) is 0. The van der Waals surface area contributed by atoms with Gasteiger partial charge >= 0.3 is 0 Å². The van der Waals surface area contributed by atoms with Gasteiger partial charge in [-0.25, -0.2) is 0 Å². The van der Waals surface area contributed by atoms with E-state index in [1.54, 1.807) is 0 Å². The Morgan fingerprint density at radius 1 is 1.06 bits per heavy atom. The molecule has 0 spiro atoms. The molecule has 17 heavy (non-hydrogen) atoms. The Kier molecular flexibility index (Phi) is 3.58. The third-order valence-corrected chi connectivity index (χ3v) is 4.09. The lowest BCUT2D eigenvalue weighted by atomic mass is 9.85. The van der Waals surface area contributed by atoms with E-state index >= 15 is 0 Å². The molecular formula is C16H25N. The summed E-state index contributed by atoms with van der Waals surface area (Å²) in [6, 6.07) is 10.0. The van der Waals surface area contributed by atoms with E-state index in [0.29, 0.717) is 0 Å². The average Bonchev–Trinajstić information content (AvgIpc) is 2.76. The van der Waals surface area contributed by atoms with Crippen LogP contribution in [0.25, 0.3) is 0 Å². The van der Waals surface area contributed by atoms with Crippen molar-refractivity contribution in [2.75, 3.05) is 7.05 Å². The molecule has 94 valence electrons. The van der Waals surface area contributed by atoms with Gasteiger partial charge in [-0.15, -0.1) is 0 Å². The minimum Gasteiger partial charge on any atom is -0.317 e. The number of hydrogen-bond acceptors (Lipinski definition) is 1. The maximum absolute atomic E-state index is 3.40. The monoisotopic (exact) mass is 231 g/mol. The molecule has 2 atom stereocenters. The van der Waals surface area contributed by atoms with Crippen LogP contribution in [0.15, 0.2) is 24.3 Å². The predicted molar refractivity (Wildman–Crippen MR) is 74.6 cm³/mol. The van der Waals surface area contributed by atoms with E-state index in [9.17, 15) is 0 Å². The summed E-state index contributed by atoms with van der Waals surface area (Å²) < 4.78 is 0. The van der Waals surface area contributed by atoms with Gasteiger partial charge in [0, 0.05) is 6.04 Å². The molecule has 2 unspecified atom stereocenters. The van der Waals surface area contributed by atoms with Crippen LogP contribution in [0.1, 0.15) is 57.1 Å². The number of benzene rings is 1. The van der Waals surface area contributed by atoms with Crippen molar-refractivity contribution in [1.82, 2.24) is 5.32 Å². The molecule has 0 aromatic heterocycles. The number of nitrogens with one attached hydrogen (secondary N) is 1. The zero-order valence-electron chi connectivity index (χ0n) is 11.6. The van der Waals surface area contributed by atoms with Crippen LogP contribution in [0.3, 0.4) is 0 Å². The first-order valence-corrected chi connectivity index (χ1v) is 6.78. The molecule has 0 saturated heterocycles. The Morgan fingerprint density at radius 2 is 1.71 bits per heavy atom. The van der Waals surface area contributed by atoms with Gasteiger partial charge < -0.3 is 5.32 Å². The Balaban J connectivity index is 2.09. The largest absolute Gasteiger partial charge is 0.317 e. The topological polar surface area (TPSA) is 12.0 Å². The normalized spacial score (nSPS) is 25.2. The molecular weight excluding hydrogens is 206 g/mol. The molecule has 1 aliphatic carbocycles. The standard InChI is InChI=1S/C16H25N/c1-16(2,3)14-8-5-12(6-9-14)13-7-10-15(11-13)17-4/h5-6,8-9,13,15,17H,7,10-11H2,1-4H3. The minimum absolute atomic E-state index is 0.266. The number of rotatable bonds is 2. The third kappa shape index (κ3) is 2.90. The van der Waals surface area contributed by atoms with Crippen molar-refractivity contribution in [3.8, 4) is 0 Å². The lowest BCUT2D eigenvalue weighted by Crippen LogP contribution is -2.21. The Hall–Kier alpha value is -0.820. The van der Waals surface area contributed by atoms with E-state index in [1.165, 1.54) is 30.4 Å². The second kappa shape index (κ2) is 4.81. The number of hydrogen-bond donors (Lipinski definition) is 1. The first-order chi connectivity index (χ1) is 8.00. The van der Waals surface area contributed by atoms with Gasteiger partial charge in [0.25, 0.3) is 0 Å². The van der Waals surface area contributed by atoms with Gasteiger partial charge in [-0.2, -0.15) is 0 Å². The molecule has 0 amide bonds. The highest BCUT2D eigenvalue weighted by Gasteiger charge is 2.24. The van der Waals surface area contributed by atoms with Crippen LogP contribution in [0, 0.1) is 0 Å². The highest BCUT2D eigenvalue weighted by Crippen LogP contribution is 2.35. The molecule has 0 radical (unpaired) electrons. The van der Waals surface area contributed by atoms with Gasteiger partial charge in [0.05, 0.1) is 0 Å². The summed E-state index contributed by atoms with van der Waals surface area (Å²) in [5, 5.41) is 3.40. The Bertz CT molecular complexity index is 358. The summed E-state index contributed by atoms with van der Waals surface area (Å²) in [5.41, 5.74) is 3.22. The smallest absolute Gasteiger partial charge is 0.00701 e. The summed E-state index contributed by atoms with van der Waals surface area (Å²) >= 11 is 0. The quantitative estimate of drug-likeness (QED) is 0.815. The van der Waals surface area contributed by atoms with Crippen LogP contribution in [0.5, 0.6) is 0 Å². The molecule has 0 bridgehead atoms. The fourth-order valence-electron chi connectivity index (χ4n) is 2.80. The maximum Gasteiger partial charge on any atom is 0.00701 e. The van der Waals surface area contributed by atoms with Crippen LogP contribution >= 0.6 is 0 Å². The molecule has 1 aromatic rings. The van der Waals surface area contributed by atoms with E-state index < -0.39 is 0 Å². The first kappa shape index (κ1) is 12.6. The first-order valence-electron chi connectivity index (χ1n) is 6.78. The fourth-order valence-corrected chi connectivity index (χ4v) is 2.80. The minimum atomic E-state index is 0.266. The van der Waals surface area contributed by atoms with E-state index in [2.05, 4.69) is 57.4 Å². The van der Waals surface area contributed by atoms with Gasteiger partial charge in [-0.05, 0) is 48.8 Å². The zero-order chi connectivity index (χ0) is 12.5. The highest BCUT2D eigenvalue weighted by molar-refractivity contribution is 5.30. The fraction of sp³-hybridized carbons (Fsp3) is 0.625. The molecule has 1 saturated carbocycles. The van der Waals surface area contributed by atoms with Crippen molar-refractivity contribution in [3.05, 3.63) is 35.4 Å². The van der Waals surface area contributed by atoms with Crippen molar-refractivity contribution < 1.29 is 0 Å². The molecule has 1 nitrogen and oxygen atoms in total. The van der Waals surface area contributed by atoms with Crippen molar-refractivity contribution in [2.24, 2.45) is 0 Å². The van der Waals surface area contributed by atoms with Crippen molar-refractivity contribution in [2.45, 2.75) is 57.4 Å². The van der Waals surface area contributed by atoms with E-state index in [4.69, 9.17) is 0 Å². The molecule has 0 aliphatic heterocycles. The highest BCUT2D eigenvalue weighted by atomic mass is 14.9. The Labute approximate surface area is 106 Å². The average molecular weight is 231 g/mol. The van der Waals surface area contributed by atoms with Crippen molar-refractivity contribution >= 4 is 0 Å². The lowest BCUT2D eigenvalue weighted by molar-refractivity contribution is 0.571. The van der Waals surface area contributed by atoms with Crippen LogP contribution in [0.2, 0.25) is 0 Å². The molecule has 1 aromatic carbocycles. The second-order valence-corrected chi connectivity index (χ2v) is 6.37. The lowest BCUT2D eigenvalue weighted by Gasteiger charge is -2.20. The summed E-state index contributed by atoms with van der Waals surface area (Å²) in [6.07, 6.45) is 3.95. The molecule has 1 N–H and O–H groups in total. The van der Waals surface area contributed by atoms with Gasteiger partial charge in [0.2, 0.25) is 0 Å². The van der Waals surface area contributed by atoms with Crippen molar-refractivity contribution in [1.29, 1.82) is 0 Å². The van der Waals surface area contributed by atoms with Crippen molar-refractivity contribution in [3.63, 3.8) is 0 Å². The van der Waals surface area contributed by atoms with Gasteiger partial charge in [-0.1, -0.05) is 45.0 Å². The van der Waals surface area contributed by atoms with E-state index in [0.717, 1.165) is 12.0 Å². The van der Waals surface area contributed by atoms with Gasteiger partial charge in [-0.3, -0.25) is 0 Å². The van der Waals surface area contributed by atoms with Gasteiger partial charge in [0.1, 0.15) is 0 Å². The third-order valence-electron chi connectivity index (χ3n) is 4.09. The maximum atomic E-state index is 3.40. The Morgan fingerprint density at radius 3 is 2.18 bits per heavy atom. The second-order valence-electron chi connectivity index (χ2n) is 6.37. The summed E-state index contributed by atoms with van der Waals surface area (Å²) in [6.45, 7) is 6.82. The molecule has 2 rings (SSSR count). The zero-order valence-corrected chi connectivity index (χ0v) is 11.6. The van der Waals surface area contributed by atoms with Crippen LogP contribution < -0.4 is 5.32 Å². The summed E-state index contributed by atoms with van der Waals surface area (Å²) in [5.74, 6) is 0.765. The predicted octanol–water partition coefficient (Wildman–Crippen LogP) is 3.84. The summed E-state index contributed by atoms with van der Waals surface area (Å²) in [7, 11) is 2.08. The molecule has 1 fully saturated rings. The van der Waals surface area contributed by atoms with Crippen LogP contribution in [-0.2, 0) is 5.41 Å². The SMILES string of the molecule is CNC1CCC(c2ccc(C(C)(C)C)cc2)C1. The molecule has 0 heterocycles. The molecule has 1 heteroatoms. The molecule has 1 aliphatic rings. The van der Waals surface area contributed by atoms with Gasteiger partial charge in [0.15, 0.2) is 0 Å². The van der Waals surface area contributed by atoms with Crippen LogP contribution in [0.4, 0.5) is 0 Å². The van der Waals surface area contributed by atoms with Crippen LogP contribution in [-0.4, -0.2) is 13.1 Å². The van der Waals surface area contributed by atoms with E-state index in [1.807, 2.05) is 0 Å². The van der Waals surface area contributed by atoms with E-state index in [-0.39, 0.29) is 5.41 Å².